The van der Waals surface area contributed by atoms with Crippen LogP contribution in [0.15, 0.2) is 18.3 Å². The van der Waals surface area contributed by atoms with Crippen molar-refractivity contribution in [1.82, 2.24) is 9.88 Å². The molecule has 1 aromatic heterocycles. The van der Waals surface area contributed by atoms with Crippen LogP contribution in [0, 0.1) is 12.8 Å². The maximum absolute atomic E-state index is 9.66. The molecule has 0 radical (unpaired) electrons. The van der Waals surface area contributed by atoms with Crippen LogP contribution in [0.3, 0.4) is 0 Å². The summed E-state index contributed by atoms with van der Waals surface area (Å²) in [6.07, 6.45) is 4.06. The Morgan fingerprint density at radius 3 is 3.00 bits per heavy atom. The average molecular weight is 234 g/mol. The van der Waals surface area contributed by atoms with Gasteiger partial charge in [-0.3, -0.25) is 9.88 Å². The topological polar surface area (TPSA) is 36.4 Å². The fourth-order valence-corrected chi connectivity index (χ4v) is 2.45. The third-order valence-corrected chi connectivity index (χ3v) is 3.58. The summed E-state index contributed by atoms with van der Waals surface area (Å²) in [7, 11) is 0. The Morgan fingerprint density at radius 2 is 2.35 bits per heavy atom. The summed E-state index contributed by atoms with van der Waals surface area (Å²) in [5.41, 5.74) is 2.33. The van der Waals surface area contributed by atoms with Gasteiger partial charge in [-0.2, -0.15) is 0 Å². The van der Waals surface area contributed by atoms with E-state index in [9.17, 15) is 5.11 Å². The molecule has 0 amide bonds. The van der Waals surface area contributed by atoms with Crippen LogP contribution in [0.25, 0.3) is 0 Å². The van der Waals surface area contributed by atoms with Crippen molar-refractivity contribution >= 4 is 0 Å². The largest absolute Gasteiger partial charge is 0.393 e. The van der Waals surface area contributed by atoms with Crippen molar-refractivity contribution in [3.05, 3.63) is 29.6 Å². The summed E-state index contributed by atoms with van der Waals surface area (Å²) in [4.78, 5) is 6.84. The van der Waals surface area contributed by atoms with E-state index >= 15 is 0 Å². The molecule has 2 rings (SSSR count). The van der Waals surface area contributed by atoms with Crippen molar-refractivity contribution in [2.45, 2.75) is 39.3 Å². The second-order valence-electron chi connectivity index (χ2n) is 5.20. The first-order valence-electron chi connectivity index (χ1n) is 6.47. The normalized spacial score (nSPS) is 23.6. The molecule has 17 heavy (non-hydrogen) atoms. The second kappa shape index (κ2) is 5.61. The van der Waals surface area contributed by atoms with Crippen LogP contribution < -0.4 is 0 Å². The molecule has 2 heterocycles. The molecule has 0 bridgehead atoms. The SMILES string of the molecule is Cc1ccc(CN2CCCC(C(C)O)C2)nc1. The van der Waals surface area contributed by atoms with E-state index in [0.29, 0.717) is 5.92 Å². The van der Waals surface area contributed by atoms with Crippen LogP contribution in [-0.4, -0.2) is 34.2 Å². The summed E-state index contributed by atoms with van der Waals surface area (Å²) in [6.45, 7) is 6.98. The Balaban J connectivity index is 1.92. The van der Waals surface area contributed by atoms with Crippen LogP contribution in [0.2, 0.25) is 0 Å². The van der Waals surface area contributed by atoms with E-state index in [0.717, 1.165) is 31.7 Å². The van der Waals surface area contributed by atoms with E-state index in [1.807, 2.05) is 13.1 Å². The quantitative estimate of drug-likeness (QED) is 0.869. The molecule has 1 aliphatic heterocycles. The minimum atomic E-state index is -0.191. The zero-order valence-corrected chi connectivity index (χ0v) is 10.8. The Morgan fingerprint density at radius 1 is 1.53 bits per heavy atom. The van der Waals surface area contributed by atoms with Gasteiger partial charge >= 0.3 is 0 Å². The molecule has 0 spiro atoms. The molecular formula is C14H22N2O. The lowest BCUT2D eigenvalue weighted by Crippen LogP contribution is -2.39. The first-order valence-corrected chi connectivity index (χ1v) is 6.47. The molecule has 0 saturated carbocycles. The third kappa shape index (κ3) is 3.51. The van der Waals surface area contributed by atoms with Gasteiger partial charge in [-0.15, -0.1) is 0 Å². The number of aromatic nitrogens is 1. The van der Waals surface area contributed by atoms with Gasteiger partial charge in [-0.1, -0.05) is 6.07 Å². The highest BCUT2D eigenvalue weighted by molar-refractivity contribution is 5.12. The van der Waals surface area contributed by atoms with Crippen molar-refractivity contribution in [3.63, 3.8) is 0 Å². The number of piperidine rings is 1. The van der Waals surface area contributed by atoms with Crippen LogP contribution in [-0.2, 0) is 6.54 Å². The molecular weight excluding hydrogens is 212 g/mol. The fraction of sp³-hybridized carbons (Fsp3) is 0.643. The molecule has 2 unspecified atom stereocenters. The maximum atomic E-state index is 9.66. The zero-order chi connectivity index (χ0) is 12.3. The molecule has 94 valence electrons. The molecule has 0 aromatic carbocycles. The monoisotopic (exact) mass is 234 g/mol. The van der Waals surface area contributed by atoms with E-state index in [1.165, 1.54) is 12.0 Å². The molecule has 3 heteroatoms. The van der Waals surface area contributed by atoms with Gasteiger partial charge in [0.25, 0.3) is 0 Å². The van der Waals surface area contributed by atoms with Crippen LogP contribution >= 0.6 is 0 Å². The standard InChI is InChI=1S/C14H22N2O/c1-11-5-6-14(15-8-11)10-16-7-3-4-13(9-16)12(2)17/h5-6,8,12-13,17H,3-4,7,9-10H2,1-2H3. The number of nitrogens with zero attached hydrogens (tertiary/aromatic N) is 2. The summed E-state index contributed by atoms with van der Waals surface area (Å²) in [5, 5.41) is 9.66. The number of pyridine rings is 1. The number of rotatable bonds is 3. The highest BCUT2D eigenvalue weighted by Gasteiger charge is 2.23. The lowest BCUT2D eigenvalue weighted by Gasteiger charge is -2.33. The van der Waals surface area contributed by atoms with Gasteiger partial charge < -0.3 is 5.11 Å². The van der Waals surface area contributed by atoms with Crippen molar-refractivity contribution in [1.29, 1.82) is 0 Å². The maximum Gasteiger partial charge on any atom is 0.0552 e. The van der Waals surface area contributed by atoms with E-state index in [1.54, 1.807) is 0 Å². The number of aryl methyl sites for hydroxylation is 1. The molecule has 0 aliphatic carbocycles. The van der Waals surface area contributed by atoms with Gasteiger partial charge in [0.05, 0.1) is 11.8 Å². The predicted octanol–water partition coefficient (Wildman–Crippen LogP) is 1.98. The van der Waals surface area contributed by atoms with Crippen molar-refractivity contribution in [3.8, 4) is 0 Å². The van der Waals surface area contributed by atoms with Crippen molar-refractivity contribution < 1.29 is 5.11 Å². The van der Waals surface area contributed by atoms with Gasteiger partial charge in [-0.25, -0.2) is 0 Å². The highest BCUT2D eigenvalue weighted by atomic mass is 16.3. The third-order valence-electron chi connectivity index (χ3n) is 3.58. The summed E-state index contributed by atoms with van der Waals surface area (Å²) in [5.74, 6) is 0.425. The van der Waals surface area contributed by atoms with E-state index in [4.69, 9.17) is 0 Å². The number of aliphatic hydroxyl groups is 1. The highest BCUT2D eigenvalue weighted by Crippen LogP contribution is 2.20. The summed E-state index contributed by atoms with van der Waals surface area (Å²) < 4.78 is 0. The Hall–Kier alpha value is -0.930. The lowest BCUT2D eigenvalue weighted by atomic mass is 9.93. The first kappa shape index (κ1) is 12.5. The van der Waals surface area contributed by atoms with E-state index < -0.39 is 0 Å². The molecule has 1 aliphatic rings. The zero-order valence-electron chi connectivity index (χ0n) is 10.8. The lowest BCUT2D eigenvalue weighted by molar-refractivity contribution is 0.0594. The number of likely N-dealkylation sites (tertiary alicyclic amines) is 1. The van der Waals surface area contributed by atoms with Crippen LogP contribution in [0.1, 0.15) is 31.0 Å². The average Bonchev–Trinajstić information content (AvgIpc) is 2.32. The van der Waals surface area contributed by atoms with Crippen molar-refractivity contribution in [2.75, 3.05) is 13.1 Å². The summed E-state index contributed by atoms with van der Waals surface area (Å²) >= 11 is 0. The van der Waals surface area contributed by atoms with Gasteiger partial charge in [0.15, 0.2) is 0 Å². The van der Waals surface area contributed by atoms with Crippen LogP contribution in [0.5, 0.6) is 0 Å². The molecule has 2 atom stereocenters. The van der Waals surface area contributed by atoms with Gasteiger partial charge in [0.1, 0.15) is 0 Å². The number of aliphatic hydroxyl groups excluding tert-OH is 1. The molecule has 3 nitrogen and oxygen atoms in total. The Bertz CT molecular complexity index is 348. The van der Waals surface area contributed by atoms with E-state index in [-0.39, 0.29) is 6.10 Å². The predicted molar refractivity (Wildman–Crippen MR) is 68.7 cm³/mol. The van der Waals surface area contributed by atoms with Gasteiger partial charge in [-0.05, 0) is 50.8 Å². The van der Waals surface area contributed by atoms with Gasteiger partial charge in [0.2, 0.25) is 0 Å². The number of hydrogen-bond donors (Lipinski definition) is 1. The smallest absolute Gasteiger partial charge is 0.0552 e. The Labute approximate surface area is 103 Å². The molecule has 1 saturated heterocycles. The summed E-state index contributed by atoms with van der Waals surface area (Å²) in [6, 6.07) is 4.21. The molecule has 1 aromatic rings. The minimum Gasteiger partial charge on any atom is -0.393 e. The van der Waals surface area contributed by atoms with Gasteiger partial charge in [0, 0.05) is 19.3 Å². The number of hydrogen-bond acceptors (Lipinski definition) is 3. The van der Waals surface area contributed by atoms with Crippen molar-refractivity contribution in [2.24, 2.45) is 5.92 Å². The van der Waals surface area contributed by atoms with Crippen LogP contribution in [0.4, 0.5) is 0 Å². The second-order valence-corrected chi connectivity index (χ2v) is 5.20. The fourth-order valence-electron chi connectivity index (χ4n) is 2.45. The first-order chi connectivity index (χ1) is 8.15. The molecule has 1 fully saturated rings. The minimum absolute atomic E-state index is 0.191. The molecule has 1 N–H and O–H groups in total. The Kier molecular flexibility index (Phi) is 4.13. The van der Waals surface area contributed by atoms with E-state index in [2.05, 4.69) is 28.9 Å².